The molecule has 2 rings (SSSR count). The first kappa shape index (κ1) is 12.0. The van der Waals surface area contributed by atoms with Gasteiger partial charge < -0.3 is 0 Å². The van der Waals surface area contributed by atoms with Crippen LogP contribution in [-0.4, -0.2) is 29.9 Å². The Kier molecular flexibility index (Phi) is 3.03. The van der Waals surface area contributed by atoms with Crippen LogP contribution in [0.5, 0.6) is 0 Å². The summed E-state index contributed by atoms with van der Waals surface area (Å²) < 4.78 is 26.0. The number of rotatable bonds is 2. The van der Waals surface area contributed by atoms with E-state index in [1.54, 1.807) is 40.3 Å². The Morgan fingerprint density at radius 3 is 2.38 bits per heavy atom. The predicted octanol–water partition coefficient (Wildman–Crippen LogP) is 2.16. The van der Waals surface area contributed by atoms with Crippen LogP contribution in [-0.2, 0) is 10.0 Å². The summed E-state index contributed by atoms with van der Waals surface area (Å²) in [5.41, 5.74) is 0. The summed E-state index contributed by atoms with van der Waals surface area (Å²) in [6.07, 6.45) is 0. The first-order valence-corrected chi connectivity index (χ1v) is 7.54. The van der Waals surface area contributed by atoms with Crippen LogP contribution in [0.4, 0.5) is 0 Å². The molecule has 1 heterocycles. The summed E-state index contributed by atoms with van der Waals surface area (Å²) in [6.45, 7) is 4.71. The molecular weight excluding hydrogens is 242 g/mol. The number of sulfonamides is 1. The van der Waals surface area contributed by atoms with Crippen molar-refractivity contribution in [3.05, 3.63) is 30.3 Å². The molecule has 0 unspecified atom stereocenters. The zero-order valence-corrected chi connectivity index (χ0v) is 11.0. The van der Waals surface area contributed by atoms with Gasteiger partial charge in [0, 0.05) is 11.3 Å². The third kappa shape index (κ3) is 2.26. The maximum Gasteiger partial charge on any atom is 0.243 e. The minimum Gasteiger partial charge on any atom is -0.207 e. The van der Waals surface area contributed by atoms with Gasteiger partial charge in [-0.25, -0.2) is 8.42 Å². The van der Waals surface area contributed by atoms with E-state index in [2.05, 4.69) is 13.8 Å². The topological polar surface area (TPSA) is 37.4 Å². The Labute approximate surface area is 101 Å². The third-order valence-electron chi connectivity index (χ3n) is 2.54. The second-order valence-corrected chi connectivity index (χ2v) is 8.05. The quantitative estimate of drug-likeness (QED) is 0.815. The predicted molar refractivity (Wildman–Crippen MR) is 66.9 cm³/mol. The van der Waals surface area contributed by atoms with Crippen LogP contribution in [0.1, 0.15) is 13.8 Å². The van der Waals surface area contributed by atoms with E-state index in [4.69, 9.17) is 0 Å². The SMILES string of the molecule is CC1(C)CN(S(=O)(=O)c2ccccc2)CS1. The zero-order valence-electron chi connectivity index (χ0n) is 9.38. The van der Waals surface area contributed by atoms with Gasteiger partial charge in [0.25, 0.3) is 0 Å². The van der Waals surface area contributed by atoms with Gasteiger partial charge in [-0.15, -0.1) is 11.8 Å². The Morgan fingerprint density at radius 2 is 1.88 bits per heavy atom. The highest BCUT2D eigenvalue weighted by Gasteiger charge is 2.37. The standard InChI is InChI=1S/C11H15NO2S2/c1-11(2)8-12(9-15-11)16(13,14)10-6-4-3-5-7-10/h3-7H,8-9H2,1-2H3. The molecule has 16 heavy (non-hydrogen) atoms. The molecule has 0 bridgehead atoms. The lowest BCUT2D eigenvalue weighted by molar-refractivity contribution is 0.451. The van der Waals surface area contributed by atoms with Crippen LogP contribution in [0, 0.1) is 0 Å². The molecule has 1 aromatic rings. The van der Waals surface area contributed by atoms with Crippen molar-refractivity contribution >= 4 is 21.8 Å². The van der Waals surface area contributed by atoms with Crippen LogP contribution >= 0.6 is 11.8 Å². The highest BCUT2D eigenvalue weighted by molar-refractivity contribution is 8.01. The lowest BCUT2D eigenvalue weighted by atomic mass is 10.2. The molecule has 88 valence electrons. The van der Waals surface area contributed by atoms with E-state index in [-0.39, 0.29) is 4.75 Å². The molecule has 0 aromatic heterocycles. The molecule has 0 atom stereocenters. The highest BCUT2D eigenvalue weighted by Crippen LogP contribution is 2.36. The van der Waals surface area contributed by atoms with Gasteiger partial charge in [0.05, 0.1) is 10.8 Å². The maximum absolute atomic E-state index is 12.2. The van der Waals surface area contributed by atoms with Gasteiger partial charge in [0.1, 0.15) is 0 Å². The van der Waals surface area contributed by atoms with E-state index in [9.17, 15) is 8.42 Å². The highest BCUT2D eigenvalue weighted by atomic mass is 32.2. The van der Waals surface area contributed by atoms with E-state index < -0.39 is 10.0 Å². The Balaban J connectivity index is 2.28. The van der Waals surface area contributed by atoms with Gasteiger partial charge in [0.15, 0.2) is 0 Å². The number of hydrogen-bond acceptors (Lipinski definition) is 3. The minimum atomic E-state index is -3.30. The molecular formula is C11H15NO2S2. The van der Waals surface area contributed by atoms with Crippen LogP contribution in [0.25, 0.3) is 0 Å². The molecule has 0 N–H and O–H groups in total. The van der Waals surface area contributed by atoms with Crippen molar-refractivity contribution in [1.29, 1.82) is 0 Å². The van der Waals surface area contributed by atoms with Crippen molar-refractivity contribution in [3.8, 4) is 0 Å². The number of nitrogens with zero attached hydrogens (tertiary/aromatic N) is 1. The van der Waals surface area contributed by atoms with E-state index >= 15 is 0 Å². The summed E-state index contributed by atoms with van der Waals surface area (Å²) in [7, 11) is -3.30. The maximum atomic E-state index is 12.2. The summed E-state index contributed by atoms with van der Waals surface area (Å²) >= 11 is 1.68. The van der Waals surface area contributed by atoms with E-state index in [0.717, 1.165) is 0 Å². The lowest BCUT2D eigenvalue weighted by Crippen LogP contribution is -2.32. The van der Waals surface area contributed by atoms with E-state index in [1.807, 2.05) is 6.07 Å². The molecule has 0 amide bonds. The van der Waals surface area contributed by atoms with Crippen molar-refractivity contribution in [2.24, 2.45) is 0 Å². The van der Waals surface area contributed by atoms with Gasteiger partial charge >= 0.3 is 0 Å². The Morgan fingerprint density at radius 1 is 1.25 bits per heavy atom. The molecule has 0 radical (unpaired) electrons. The monoisotopic (exact) mass is 257 g/mol. The van der Waals surface area contributed by atoms with Gasteiger partial charge in [-0.3, -0.25) is 0 Å². The normalized spacial score (nSPS) is 21.1. The summed E-state index contributed by atoms with van der Waals surface area (Å²) in [5, 5.41) is 0. The van der Waals surface area contributed by atoms with Crippen LogP contribution in [0.15, 0.2) is 35.2 Å². The van der Waals surface area contributed by atoms with Crippen molar-refractivity contribution in [2.75, 3.05) is 12.4 Å². The fourth-order valence-corrected chi connectivity index (χ4v) is 4.58. The summed E-state index contributed by atoms with van der Waals surface area (Å²) in [4.78, 5) is 0.383. The molecule has 3 nitrogen and oxygen atoms in total. The molecule has 1 aliphatic rings. The number of benzene rings is 1. The van der Waals surface area contributed by atoms with Crippen LogP contribution in [0.3, 0.4) is 0 Å². The summed E-state index contributed by atoms with van der Waals surface area (Å²) in [6, 6.07) is 8.61. The van der Waals surface area contributed by atoms with Crippen molar-refractivity contribution < 1.29 is 8.42 Å². The molecule has 0 saturated carbocycles. The van der Waals surface area contributed by atoms with Gasteiger partial charge in [-0.1, -0.05) is 18.2 Å². The Bertz CT molecular complexity index is 468. The van der Waals surface area contributed by atoms with Crippen LogP contribution in [0.2, 0.25) is 0 Å². The molecule has 5 heteroatoms. The van der Waals surface area contributed by atoms with Crippen LogP contribution < -0.4 is 0 Å². The van der Waals surface area contributed by atoms with Crippen molar-refractivity contribution in [1.82, 2.24) is 4.31 Å². The van der Waals surface area contributed by atoms with Gasteiger partial charge in [0.2, 0.25) is 10.0 Å². The second-order valence-electron chi connectivity index (χ2n) is 4.46. The average molecular weight is 257 g/mol. The molecule has 1 aliphatic heterocycles. The van der Waals surface area contributed by atoms with Gasteiger partial charge in [-0.05, 0) is 26.0 Å². The number of thioether (sulfide) groups is 1. The third-order valence-corrected chi connectivity index (χ3v) is 5.86. The fraction of sp³-hybridized carbons (Fsp3) is 0.455. The van der Waals surface area contributed by atoms with Crippen molar-refractivity contribution in [3.63, 3.8) is 0 Å². The molecule has 1 fully saturated rings. The second kappa shape index (κ2) is 4.05. The summed E-state index contributed by atoms with van der Waals surface area (Å²) in [5.74, 6) is 0.546. The fourth-order valence-electron chi connectivity index (χ4n) is 1.66. The zero-order chi connectivity index (χ0) is 11.8. The largest absolute Gasteiger partial charge is 0.243 e. The lowest BCUT2D eigenvalue weighted by Gasteiger charge is -2.18. The number of hydrogen-bond donors (Lipinski definition) is 0. The van der Waals surface area contributed by atoms with E-state index in [0.29, 0.717) is 17.3 Å². The van der Waals surface area contributed by atoms with Gasteiger partial charge in [-0.2, -0.15) is 4.31 Å². The smallest absolute Gasteiger partial charge is 0.207 e. The average Bonchev–Trinajstić information content (AvgIpc) is 2.61. The Hall–Kier alpha value is -0.520. The molecule has 1 aromatic carbocycles. The molecule has 1 saturated heterocycles. The first-order chi connectivity index (χ1) is 7.42. The molecule has 0 spiro atoms. The molecule has 0 aliphatic carbocycles. The van der Waals surface area contributed by atoms with Crippen molar-refractivity contribution in [2.45, 2.75) is 23.5 Å². The minimum absolute atomic E-state index is 0.0157. The first-order valence-electron chi connectivity index (χ1n) is 5.11. The van der Waals surface area contributed by atoms with E-state index in [1.165, 1.54) is 0 Å².